The minimum Gasteiger partial charge on any atom is -0.453 e. The SMILES string of the molecule is O=C(CCc1cccc(Cl)c1Cl)NCc1ccc(Oc2cccnc2)c(F)c1. The van der Waals surface area contributed by atoms with Crippen LogP contribution in [0.1, 0.15) is 17.5 Å². The van der Waals surface area contributed by atoms with Crippen LogP contribution in [0.5, 0.6) is 11.5 Å². The molecule has 0 saturated heterocycles. The molecule has 1 aromatic heterocycles. The van der Waals surface area contributed by atoms with Crippen molar-refractivity contribution in [3.8, 4) is 11.5 Å². The van der Waals surface area contributed by atoms with Crippen LogP contribution in [0.2, 0.25) is 10.0 Å². The van der Waals surface area contributed by atoms with Crippen molar-refractivity contribution in [2.45, 2.75) is 19.4 Å². The van der Waals surface area contributed by atoms with Crippen molar-refractivity contribution in [1.82, 2.24) is 10.3 Å². The van der Waals surface area contributed by atoms with Crippen molar-refractivity contribution in [2.24, 2.45) is 0 Å². The second kappa shape index (κ2) is 9.53. The third-order valence-corrected chi connectivity index (χ3v) is 4.86. The lowest BCUT2D eigenvalue weighted by Crippen LogP contribution is -2.23. The number of amides is 1. The summed E-state index contributed by atoms with van der Waals surface area (Å²) < 4.78 is 19.7. The number of nitrogens with one attached hydrogen (secondary N) is 1. The van der Waals surface area contributed by atoms with Crippen LogP contribution in [0.3, 0.4) is 0 Å². The van der Waals surface area contributed by atoms with Gasteiger partial charge in [0.1, 0.15) is 5.75 Å². The van der Waals surface area contributed by atoms with E-state index in [1.807, 2.05) is 6.07 Å². The number of ether oxygens (including phenoxy) is 1. The average molecular weight is 419 g/mol. The van der Waals surface area contributed by atoms with Crippen LogP contribution in [0, 0.1) is 5.82 Å². The number of benzene rings is 2. The van der Waals surface area contributed by atoms with Gasteiger partial charge in [-0.1, -0.05) is 41.4 Å². The number of halogens is 3. The molecule has 0 spiro atoms. The summed E-state index contributed by atoms with van der Waals surface area (Å²) in [5.41, 5.74) is 1.44. The molecule has 0 unspecified atom stereocenters. The van der Waals surface area contributed by atoms with Crippen molar-refractivity contribution in [2.75, 3.05) is 0 Å². The van der Waals surface area contributed by atoms with Gasteiger partial charge in [0.2, 0.25) is 5.91 Å². The van der Waals surface area contributed by atoms with E-state index in [4.69, 9.17) is 27.9 Å². The van der Waals surface area contributed by atoms with E-state index in [-0.39, 0.29) is 24.6 Å². The Labute approximate surface area is 172 Å². The Hall–Kier alpha value is -2.63. The lowest BCUT2D eigenvalue weighted by Gasteiger charge is -2.09. The topological polar surface area (TPSA) is 51.2 Å². The maximum Gasteiger partial charge on any atom is 0.220 e. The monoisotopic (exact) mass is 418 g/mol. The highest BCUT2D eigenvalue weighted by Gasteiger charge is 2.09. The fourth-order valence-electron chi connectivity index (χ4n) is 2.55. The molecule has 1 amide bonds. The van der Waals surface area contributed by atoms with E-state index < -0.39 is 5.82 Å². The molecule has 0 fully saturated rings. The predicted octanol–water partition coefficient (Wildman–Crippen LogP) is 5.57. The minimum atomic E-state index is -0.513. The maximum absolute atomic E-state index is 14.2. The summed E-state index contributed by atoms with van der Waals surface area (Å²) in [7, 11) is 0. The van der Waals surface area contributed by atoms with Gasteiger partial charge in [-0.15, -0.1) is 0 Å². The van der Waals surface area contributed by atoms with Crippen LogP contribution in [-0.2, 0) is 17.8 Å². The van der Waals surface area contributed by atoms with Gasteiger partial charge in [0.25, 0.3) is 0 Å². The molecule has 4 nitrogen and oxygen atoms in total. The van der Waals surface area contributed by atoms with E-state index in [1.54, 1.807) is 36.5 Å². The molecule has 0 atom stereocenters. The largest absolute Gasteiger partial charge is 0.453 e. The standard InChI is InChI=1S/C21H17Cl2FN2O2/c22-17-5-1-3-15(21(17)23)7-9-20(27)26-12-14-6-8-19(18(24)11-14)28-16-4-2-10-25-13-16/h1-6,8,10-11,13H,7,9,12H2,(H,26,27). The van der Waals surface area contributed by atoms with Crippen LogP contribution < -0.4 is 10.1 Å². The zero-order chi connectivity index (χ0) is 19.9. The van der Waals surface area contributed by atoms with E-state index in [1.165, 1.54) is 18.3 Å². The lowest BCUT2D eigenvalue weighted by molar-refractivity contribution is -0.121. The molecule has 144 valence electrons. The molecule has 2 aromatic carbocycles. The van der Waals surface area contributed by atoms with Gasteiger partial charge in [-0.05, 0) is 47.9 Å². The molecule has 1 heterocycles. The molecule has 0 saturated carbocycles. The number of nitrogens with zero attached hydrogens (tertiary/aromatic N) is 1. The van der Waals surface area contributed by atoms with Crippen LogP contribution >= 0.6 is 23.2 Å². The summed E-state index contributed by atoms with van der Waals surface area (Å²) in [5.74, 6) is -0.130. The highest BCUT2D eigenvalue weighted by molar-refractivity contribution is 6.42. The molecular weight excluding hydrogens is 402 g/mol. The Kier molecular flexibility index (Phi) is 6.85. The number of pyridine rings is 1. The normalized spacial score (nSPS) is 10.5. The Morgan fingerprint density at radius 2 is 2.00 bits per heavy atom. The molecule has 1 N–H and O–H groups in total. The van der Waals surface area contributed by atoms with Crippen LogP contribution in [0.4, 0.5) is 4.39 Å². The number of carbonyl (C=O) groups excluding carboxylic acids is 1. The predicted molar refractivity (Wildman–Crippen MR) is 107 cm³/mol. The molecule has 7 heteroatoms. The third kappa shape index (κ3) is 5.44. The smallest absolute Gasteiger partial charge is 0.220 e. The summed E-state index contributed by atoms with van der Waals surface area (Å²) in [5, 5.41) is 3.69. The molecule has 0 aliphatic heterocycles. The minimum absolute atomic E-state index is 0.0960. The quantitative estimate of drug-likeness (QED) is 0.545. The van der Waals surface area contributed by atoms with Crippen LogP contribution in [-0.4, -0.2) is 10.9 Å². The first-order valence-corrected chi connectivity index (χ1v) is 9.34. The molecule has 3 rings (SSSR count). The van der Waals surface area contributed by atoms with Crippen molar-refractivity contribution in [3.63, 3.8) is 0 Å². The van der Waals surface area contributed by atoms with Crippen LogP contribution in [0.15, 0.2) is 60.9 Å². The first kappa shape index (κ1) is 20.1. The molecule has 0 aliphatic carbocycles. The van der Waals surface area contributed by atoms with Crippen molar-refractivity contribution in [3.05, 3.63) is 87.9 Å². The van der Waals surface area contributed by atoms with Crippen molar-refractivity contribution in [1.29, 1.82) is 0 Å². The second-order valence-corrected chi connectivity index (χ2v) is 6.83. The number of aryl methyl sites for hydroxylation is 1. The lowest BCUT2D eigenvalue weighted by atomic mass is 10.1. The van der Waals surface area contributed by atoms with Gasteiger partial charge in [0.05, 0.1) is 16.2 Å². The summed E-state index contributed by atoms with van der Waals surface area (Å²) in [6.45, 7) is 0.214. The number of hydrogen-bond donors (Lipinski definition) is 1. The van der Waals surface area contributed by atoms with Crippen molar-refractivity contribution >= 4 is 29.1 Å². The highest BCUT2D eigenvalue weighted by Crippen LogP contribution is 2.26. The maximum atomic E-state index is 14.2. The molecule has 0 radical (unpaired) electrons. The zero-order valence-electron chi connectivity index (χ0n) is 14.8. The summed E-state index contributed by atoms with van der Waals surface area (Å²) in [4.78, 5) is 16.0. The number of carbonyl (C=O) groups is 1. The highest BCUT2D eigenvalue weighted by atomic mass is 35.5. The van der Waals surface area contributed by atoms with Gasteiger partial charge >= 0.3 is 0 Å². The van der Waals surface area contributed by atoms with Gasteiger partial charge < -0.3 is 10.1 Å². The molecule has 0 bridgehead atoms. The van der Waals surface area contributed by atoms with E-state index in [0.717, 1.165) is 5.56 Å². The first-order chi connectivity index (χ1) is 13.5. The average Bonchev–Trinajstić information content (AvgIpc) is 2.70. The Morgan fingerprint density at radius 3 is 2.75 bits per heavy atom. The molecule has 0 aliphatic rings. The van der Waals surface area contributed by atoms with Crippen LogP contribution in [0.25, 0.3) is 0 Å². The van der Waals surface area contributed by atoms with Gasteiger partial charge in [0, 0.05) is 19.2 Å². The van der Waals surface area contributed by atoms with E-state index in [0.29, 0.717) is 27.8 Å². The first-order valence-electron chi connectivity index (χ1n) is 8.59. The molecule has 28 heavy (non-hydrogen) atoms. The van der Waals surface area contributed by atoms with Gasteiger partial charge in [-0.3, -0.25) is 9.78 Å². The molecular formula is C21H17Cl2FN2O2. The number of aromatic nitrogens is 1. The molecule has 3 aromatic rings. The fourth-order valence-corrected chi connectivity index (χ4v) is 2.96. The summed E-state index contributed by atoms with van der Waals surface area (Å²) in [6.07, 6.45) is 3.83. The van der Waals surface area contributed by atoms with Gasteiger partial charge in [-0.2, -0.15) is 0 Å². The van der Waals surface area contributed by atoms with Crippen molar-refractivity contribution < 1.29 is 13.9 Å². The van der Waals surface area contributed by atoms with E-state index in [9.17, 15) is 9.18 Å². The summed E-state index contributed by atoms with van der Waals surface area (Å²) in [6, 6.07) is 13.3. The fraction of sp³-hybridized carbons (Fsp3) is 0.143. The summed E-state index contributed by atoms with van der Waals surface area (Å²) >= 11 is 12.1. The Balaban J connectivity index is 1.52. The third-order valence-electron chi connectivity index (χ3n) is 4.00. The number of rotatable bonds is 7. The van der Waals surface area contributed by atoms with E-state index >= 15 is 0 Å². The number of hydrogen-bond acceptors (Lipinski definition) is 3. The van der Waals surface area contributed by atoms with Gasteiger partial charge in [0.15, 0.2) is 11.6 Å². The Morgan fingerprint density at radius 1 is 1.14 bits per heavy atom. The second-order valence-electron chi connectivity index (χ2n) is 6.05. The van der Waals surface area contributed by atoms with E-state index in [2.05, 4.69) is 10.3 Å². The Bertz CT molecular complexity index is 968. The zero-order valence-corrected chi connectivity index (χ0v) is 16.3. The van der Waals surface area contributed by atoms with Gasteiger partial charge in [-0.25, -0.2) is 4.39 Å².